The van der Waals surface area contributed by atoms with E-state index in [2.05, 4.69) is 0 Å². The van der Waals surface area contributed by atoms with Crippen LogP contribution in [-0.2, 0) is 19.2 Å². The summed E-state index contributed by atoms with van der Waals surface area (Å²) in [6.07, 6.45) is 8.49. The lowest BCUT2D eigenvalue weighted by Gasteiger charge is -2.58. The van der Waals surface area contributed by atoms with Crippen LogP contribution in [0.2, 0.25) is 5.02 Å². The summed E-state index contributed by atoms with van der Waals surface area (Å²) in [4.78, 5) is 53.1. The number of carboxylic acids is 1. The summed E-state index contributed by atoms with van der Waals surface area (Å²) in [5, 5.41) is 9.43. The predicted molar refractivity (Wildman–Crippen MR) is 121 cm³/mol. The fourth-order valence-corrected chi connectivity index (χ4v) is 7.36. The Labute approximate surface area is 197 Å². The van der Waals surface area contributed by atoms with Crippen molar-refractivity contribution in [1.82, 2.24) is 4.90 Å². The fraction of sp³-hybridized carbons (Fsp3) is 0.520. The second-order valence-corrected chi connectivity index (χ2v) is 10.8. The number of benzene rings is 1. The summed E-state index contributed by atoms with van der Waals surface area (Å²) >= 11 is 6.06. The molecule has 4 saturated carbocycles. The molecule has 1 atom stereocenters. The number of carboxylic acid groups (broad SMARTS) is 1. The molecule has 33 heavy (non-hydrogen) atoms. The summed E-state index contributed by atoms with van der Waals surface area (Å²) in [5.41, 5.74) is 0.317. The summed E-state index contributed by atoms with van der Waals surface area (Å²) in [6, 6.07) is 5.57. The first-order chi connectivity index (χ1) is 15.7. The Morgan fingerprint density at radius 1 is 1.09 bits per heavy atom. The molecule has 4 aliphatic carbocycles. The molecule has 1 aromatic rings. The molecule has 7 nitrogen and oxygen atoms in total. The lowest BCUT2D eigenvalue weighted by Crippen LogP contribution is -2.55. The predicted octanol–water partition coefficient (Wildman–Crippen LogP) is 3.66. The third kappa shape index (κ3) is 4.19. The number of amides is 3. The van der Waals surface area contributed by atoms with Gasteiger partial charge >= 0.3 is 5.97 Å². The smallest absolute Gasteiger partial charge is 0.328 e. The van der Waals surface area contributed by atoms with Gasteiger partial charge in [0.1, 0.15) is 6.04 Å². The molecule has 1 unspecified atom stereocenters. The van der Waals surface area contributed by atoms with Crippen LogP contribution in [0.15, 0.2) is 36.4 Å². The summed E-state index contributed by atoms with van der Waals surface area (Å²) in [5.74, 6) is -0.647. The molecule has 1 aliphatic heterocycles. The number of carbonyl (C=O) groups excluding carboxylic acids is 3. The maximum absolute atomic E-state index is 13.4. The van der Waals surface area contributed by atoms with E-state index in [1.807, 2.05) is 0 Å². The SMILES string of the molecule is O=C(O)/C=C/C(=O)N(CC12CC3CC(CC(C3)C1)C2)C1CC(=O)N(c2cccc(Cl)c2)C1=O. The lowest BCUT2D eigenvalue weighted by atomic mass is 9.49. The first-order valence-corrected chi connectivity index (χ1v) is 11.9. The zero-order chi connectivity index (χ0) is 23.3. The van der Waals surface area contributed by atoms with Gasteiger partial charge in [-0.2, -0.15) is 0 Å². The number of halogens is 1. The number of rotatable bonds is 6. The number of carbonyl (C=O) groups is 4. The van der Waals surface area contributed by atoms with Crippen molar-refractivity contribution in [1.29, 1.82) is 0 Å². The Morgan fingerprint density at radius 2 is 1.73 bits per heavy atom. The maximum atomic E-state index is 13.4. The van der Waals surface area contributed by atoms with Gasteiger partial charge in [-0.3, -0.25) is 14.4 Å². The van der Waals surface area contributed by atoms with Crippen molar-refractivity contribution in [2.75, 3.05) is 11.4 Å². The fourth-order valence-electron chi connectivity index (χ4n) is 7.17. The minimum absolute atomic E-state index is 0.0612. The highest BCUT2D eigenvalue weighted by molar-refractivity contribution is 6.31. The van der Waals surface area contributed by atoms with Gasteiger partial charge in [-0.1, -0.05) is 17.7 Å². The zero-order valence-corrected chi connectivity index (χ0v) is 19.0. The van der Waals surface area contributed by atoms with Gasteiger partial charge in [-0.25, -0.2) is 9.69 Å². The number of hydrogen-bond acceptors (Lipinski definition) is 4. The Hall–Kier alpha value is -2.67. The third-order valence-corrected chi connectivity index (χ3v) is 8.12. The Balaban J connectivity index is 1.45. The van der Waals surface area contributed by atoms with E-state index in [9.17, 15) is 19.2 Å². The van der Waals surface area contributed by atoms with E-state index in [-0.39, 0.29) is 11.8 Å². The zero-order valence-electron chi connectivity index (χ0n) is 18.3. The van der Waals surface area contributed by atoms with Crippen LogP contribution in [0.3, 0.4) is 0 Å². The van der Waals surface area contributed by atoms with E-state index < -0.39 is 29.7 Å². The standard InChI is InChI=1S/C25H27ClN2O5/c26-18-2-1-3-19(9-18)28-22(30)10-20(24(28)33)27(21(29)4-5-23(31)32)14-25-11-15-6-16(12-25)8-17(7-15)13-25/h1-5,9,15-17,20H,6-8,10-14H2,(H,31,32)/b5-4+. The first-order valence-electron chi connectivity index (χ1n) is 11.6. The number of hydrogen-bond donors (Lipinski definition) is 1. The highest BCUT2D eigenvalue weighted by Crippen LogP contribution is 2.60. The molecular weight excluding hydrogens is 444 g/mol. The number of aliphatic carboxylic acids is 1. The van der Waals surface area contributed by atoms with Crippen LogP contribution in [0.5, 0.6) is 0 Å². The van der Waals surface area contributed by atoms with Gasteiger partial charge in [0.05, 0.1) is 12.1 Å². The highest BCUT2D eigenvalue weighted by Gasteiger charge is 2.53. The number of anilines is 1. The Kier molecular flexibility index (Phi) is 5.55. The molecule has 1 heterocycles. The summed E-state index contributed by atoms with van der Waals surface area (Å²) in [6.45, 7) is 0.381. The van der Waals surface area contributed by atoms with E-state index in [4.69, 9.17) is 16.7 Å². The molecule has 0 aromatic heterocycles. The molecule has 5 aliphatic rings. The van der Waals surface area contributed by atoms with Crippen molar-refractivity contribution >= 4 is 41.0 Å². The summed E-state index contributed by atoms with van der Waals surface area (Å²) in [7, 11) is 0. The van der Waals surface area contributed by atoms with Gasteiger partial charge in [0.2, 0.25) is 11.8 Å². The summed E-state index contributed by atoms with van der Waals surface area (Å²) < 4.78 is 0. The molecule has 0 radical (unpaired) electrons. The topological polar surface area (TPSA) is 95.0 Å². The molecule has 3 amide bonds. The van der Waals surface area contributed by atoms with Crippen LogP contribution in [0.25, 0.3) is 0 Å². The van der Waals surface area contributed by atoms with E-state index >= 15 is 0 Å². The largest absolute Gasteiger partial charge is 0.478 e. The first kappa shape index (κ1) is 22.1. The van der Waals surface area contributed by atoms with Gasteiger partial charge < -0.3 is 10.0 Å². The van der Waals surface area contributed by atoms with Crippen molar-refractivity contribution in [2.45, 2.75) is 51.0 Å². The normalized spacial score (nSPS) is 32.7. The Morgan fingerprint density at radius 3 is 2.30 bits per heavy atom. The number of imide groups is 1. The van der Waals surface area contributed by atoms with E-state index in [1.165, 1.54) is 24.2 Å². The van der Waals surface area contributed by atoms with Crippen molar-refractivity contribution in [3.8, 4) is 0 Å². The van der Waals surface area contributed by atoms with Crippen LogP contribution < -0.4 is 4.90 Å². The van der Waals surface area contributed by atoms with E-state index in [0.29, 0.717) is 35.0 Å². The molecule has 0 spiro atoms. The van der Waals surface area contributed by atoms with Crippen molar-refractivity contribution in [3.63, 3.8) is 0 Å². The van der Waals surface area contributed by atoms with Crippen LogP contribution in [0.1, 0.15) is 44.9 Å². The van der Waals surface area contributed by atoms with Crippen molar-refractivity contribution < 1.29 is 24.3 Å². The Bertz CT molecular complexity index is 1020. The van der Waals surface area contributed by atoms with Gasteiger partial charge in [-0.05, 0) is 79.9 Å². The quantitative estimate of drug-likeness (QED) is 0.505. The molecule has 8 heteroatoms. The molecule has 174 valence electrons. The van der Waals surface area contributed by atoms with Crippen molar-refractivity contribution in [2.24, 2.45) is 23.2 Å². The molecule has 4 bridgehead atoms. The lowest BCUT2D eigenvalue weighted by molar-refractivity contribution is -0.141. The molecule has 1 N–H and O–H groups in total. The van der Waals surface area contributed by atoms with Crippen molar-refractivity contribution in [3.05, 3.63) is 41.4 Å². The van der Waals surface area contributed by atoms with Gasteiger partial charge in [-0.15, -0.1) is 0 Å². The molecule has 5 fully saturated rings. The second kappa shape index (κ2) is 8.28. The number of nitrogens with zero attached hydrogens (tertiary/aromatic N) is 2. The van der Waals surface area contributed by atoms with E-state index in [0.717, 1.165) is 36.3 Å². The molecular formula is C25H27ClN2O5. The molecule has 1 saturated heterocycles. The minimum Gasteiger partial charge on any atom is -0.478 e. The highest BCUT2D eigenvalue weighted by atomic mass is 35.5. The maximum Gasteiger partial charge on any atom is 0.328 e. The van der Waals surface area contributed by atoms with Crippen LogP contribution in [0, 0.1) is 23.2 Å². The van der Waals surface area contributed by atoms with Crippen LogP contribution in [-0.4, -0.2) is 46.3 Å². The van der Waals surface area contributed by atoms with E-state index in [1.54, 1.807) is 24.3 Å². The van der Waals surface area contributed by atoms with Gasteiger partial charge in [0, 0.05) is 23.7 Å². The van der Waals surface area contributed by atoms with Crippen LogP contribution >= 0.6 is 11.6 Å². The van der Waals surface area contributed by atoms with Crippen LogP contribution in [0.4, 0.5) is 5.69 Å². The average molecular weight is 471 g/mol. The van der Waals surface area contributed by atoms with Gasteiger partial charge in [0.25, 0.3) is 5.91 Å². The third-order valence-electron chi connectivity index (χ3n) is 7.89. The molecule has 6 rings (SSSR count). The monoisotopic (exact) mass is 470 g/mol. The average Bonchev–Trinajstić information content (AvgIpc) is 3.03. The molecule has 1 aromatic carbocycles. The van der Waals surface area contributed by atoms with Gasteiger partial charge in [0.15, 0.2) is 0 Å². The second-order valence-electron chi connectivity index (χ2n) is 10.3. The minimum atomic E-state index is -1.23.